The summed E-state index contributed by atoms with van der Waals surface area (Å²) in [6.07, 6.45) is 1.60. The van der Waals surface area contributed by atoms with Gasteiger partial charge in [0.15, 0.2) is 0 Å². The molecule has 0 saturated heterocycles. The van der Waals surface area contributed by atoms with Crippen LogP contribution in [0.25, 0.3) is 11.0 Å². The van der Waals surface area contributed by atoms with E-state index in [0.717, 1.165) is 16.5 Å². The van der Waals surface area contributed by atoms with E-state index in [-0.39, 0.29) is 0 Å². The third-order valence-corrected chi connectivity index (χ3v) is 2.38. The maximum atomic E-state index is 11.4. The van der Waals surface area contributed by atoms with Crippen LogP contribution in [0.4, 0.5) is 0 Å². The second-order valence-corrected chi connectivity index (χ2v) is 3.45. The van der Waals surface area contributed by atoms with Gasteiger partial charge in [0.2, 0.25) is 0 Å². The van der Waals surface area contributed by atoms with Gasteiger partial charge in [0, 0.05) is 5.39 Å². The number of furan rings is 1. The number of rotatable bonds is 3. The van der Waals surface area contributed by atoms with Gasteiger partial charge in [0.1, 0.15) is 11.6 Å². The summed E-state index contributed by atoms with van der Waals surface area (Å²) in [5.74, 6) is -0.412. The number of hydrogen-bond acceptors (Lipinski definition) is 4. The molecule has 0 bridgehead atoms. The lowest BCUT2D eigenvalue weighted by atomic mass is 10.1. The average Bonchev–Trinajstić information content (AvgIpc) is 2.75. The van der Waals surface area contributed by atoms with E-state index in [9.17, 15) is 4.79 Å². The molecule has 0 spiro atoms. The Balaban J connectivity index is 2.28. The molecule has 16 heavy (non-hydrogen) atoms. The van der Waals surface area contributed by atoms with Crippen LogP contribution in [0.5, 0.6) is 0 Å². The summed E-state index contributed by atoms with van der Waals surface area (Å²) in [6.45, 7) is 2.09. The number of fused-ring (bicyclic) bond motifs is 1. The SMILES string of the molecule is CCOC(=O)C(N)c1ccc2occc2c1. The highest BCUT2D eigenvalue weighted by atomic mass is 16.5. The van der Waals surface area contributed by atoms with Crippen molar-refractivity contribution in [2.75, 3.05) is 6.61 Å². The summed E-state index contributed by atoms with van der Waals surface area (Å²) < 4.78 is 10.1. The highest BCUT2D eigenvalue weighted by Gasteiger charge is 2.17. The second-order valence-electron chi connectivity index (χ2n) is 3.45. The van der Waals surface area contributed by atoms with Gasteiger partial charge >= 0.3 is 5.97 Å². The van der Waals surface area contributed by atoms with Crippen LogP contribution in [0.3, 0.4) is 0 Å². The zero-order chi connectivity index (χ0) is 11.5. The third-order valence-electron chi connectivity index (χ3n) is 2.38. The lowest BCUT2D eigenvalue weighted by Gasteiger charge is -2.10. The minimum absolute atomic E-state index is 0.334. The van der Waals surface area contributed by atoms with Gasteiger partial charge in [-0.3, -0.25) is 0 Å². The maximum Gasteiger partial charge on any atom is 0.327 e. The predicted molar refractivity (Wildman–Crippen MR) is 59.8 cm³/mol. The molecule has 2 rings (SSSR count). The van der Waals surface area contributed by atoms with Gasteiger partial charge in [-0.25, -0.2) is 4.79 Å². The molecule has 0 aliphatic rings. The third kappa shape index (κ3) is 1.92. The molecular weight excluding hydrogens is 206 g/mol. The highest BCUT2D eigenvalue weighted by Crippen LogP contribution is 2.20. The fourth-order valence-electron chi connectivity index (χ4n) is 1.55. The van der Waals surface area contributed by atoms with Crippen molar-refractivity contribution in [1.29, 1.82) is 0 Å². The van der Waals surface area contributed by atoms with Gasteiger partial charge in [0.05, 0.1) is 12.9 Å². The second kappa shape index (κ2) is 4.37. The van der Waals surface area contributed by atoms with Crippen LogP contribution in [0, 0.1) is 0 Å². The van der Waals surface area contributed by atoms with E-state index in [1.165, 1.54) is 0 Å². The van der Waals surface area contributed by atoms with E-state index < -0.39 is 12.0 Å². The molecule has 1 aromatic heterocycles. The van der Waals surface area contributed by atoms with Crippen LogP contribution in [0.1, 0.15) is 18.5 Å². The van der Waals surface area contributed by atoms with Crippen molar-refractivity contribution < 1.29 is 13.9 Å². The smallest absolute Gasteiger partial charge is 0.327 e. The van der Waals surface area contributed by atoms with Crippen LogP contribution in [0.15, 0.2) is 34.9 Å². The van der Waals surface area contributed by atoms with Crippen molar-refractivity contribution in [3.05, 3.63) is 36.1 Å². The van der Waals surface area contributed by atoms with Gasteiger partial charge in [0.25, 0.3) is 0 Å². The van der Waals surface area contributed by atoms with Gasteiger partial charge in [-0.15, -0.1) is 0 Å². The minimum atomic E-state index is -0.737. The number of ether oxygens (including phenoxy) is 1. The molecule has 84 valence electrons. The number of carbonyl (C=O) groups is 1. The summed E-state index contributed by atoms with van der Waals surface area (Å²) in [6, 6.07) is 6.49. The molecule has 0 saturated carbocycles. The van der Waals surface area contributed by atoms with Gasteiger partial charge < -0.3 is 14.9 Å². The molecule has 0 aliphatic carbocycles. The summed E-state index contributed by atoms with van der Waals surface area (Å²) in [7, 11) is 0. The summed E-state index contributed by atoms with van der Waals surface area (Å²) in [5.41, 5.74) is 7.29. The van der Waals surface area contributed by atoms with E-state index >= 15 is 0 Å². The molecule has 4 heteroatoms. The lowest BCUT2D eigenvalue weighted by Crippen LogP contribution is -2.23. The molecule has 0 radical (unpaired) electrons. The summed E-state index contributed by atoms with van der Waals surface area (Å²) in [4.78, 5) is 11.4. The molecule has 1 unspecified atom stereocenters. The molecule has 1 atom stereocenters. The fraction of sp³-hybridized carbons (Fsp3) is 0.250. The Hall–Kier alpha value is -1.81. The summed E-state index contributed by atoms with van der Waals surface area (Å²) >= 11 is 0. The number of hydrogen-bond donors (Lipinski definition) is 1. The van der Waals surface area contributed by atoms with Crippen molar-refractivity contribution in [3.63, 3.8) is 0 Å². The first-order valence-electron chi connectivity index (χ1n) is 5.11. The molecule has 0 amide bonds. The number of nitrogens with two attached hydrogens (primary N) is 1. The van der Waals surface area contributed by atoms with Crippen LogP contribution in [0.2, 0.25) is 0 Å². The zero-order valence-electron chi connectivity index (χ0n) is 8.97. The van der Waals surface area contributed by atoms with Crippen LogP contribution in [-0.4, -0.2) is 12.6 Å². The fourth-order valence-corrected chi connectivity index (χ4v) is 1.55. The minimum Gasteiger partial charge on any atom is -0.465 e. The van der Waals surface area contributed by atoms with Crippen LogP contribution in [-0.2, 0) is 9.53 Å². The van der Waals surface area contributed by atoms with E-state index in [2.05, 4.69) is 0 Å². The Morgan fingerprint density at radius 2 is 2.31 bits per heavy atom. The van der Waals surface area contributed by atoms with Crippen LogP contribution < -0.4 is 5.73 Å². The Kier molecular flexibility index (Phi) is 2.92. The topological polar surface area (TPSA) is 65.5 Å². The maximum absolute atomic E-state index is 11.4. The van der Waals surface area contributed by atoms with Gasteiger partial charge in [-0.2, -0.15) is 0 Å². The first kappa shape index (κ1) is 10.7. The number of carbonyl (C=O) groups excluding carboxylic acids is 1. The largest absolute Gasteiger partial charge is 0.465 e. The van der Waals surface area contributed by atoms with E-state index in [1.807, 2.05) is 12.1 Å². The molecule has 0 fully saturated rings. The van der Waals surface area contributed by atoms with Crippen molar-refractivity contribution in [1.82, 2.24) is 0 Å². The Morgan fingerprint density at radius 1 is 1.50 bits per heavy atom. The molecule has 2 aromatic rings. The first-order chi connectivity index (χ1) is 7.72. The molecule has 4 nitrogen and oxygen atoms in total. The quantitative estimate of drug-likeness (QED) is 0.802. The Labute approximate surface area is 93.0 Å². The van der Waals surface area contributed by atoms with E-state index in [0.29, 0.717) is 6.61 Å². The predicted octanol–water partition coefficient (Wildman–Crippen LogP) is 2.00. The van der Waals surface area contributed by atoms with E-state index in [4.69, 9.17) is 14.9 Å². The van der Waals surface area contributed by atoms with Crippen molar-refractivity contribution >= 4 is 16.9 Å². The normalized spacial score (nSPS) is 12.6. The zero-order valence-corrected chi connectivity index (χ0v) is 8.97. The first-order valence-corrected chi connectivity index (χ1v) is 5.11. The highest BCUT2D eigenvalue weighted by molar-refractivity contribution is 5.82. The number of esters is 1. The standard InChI is InChI=1S/C12H13NO3/c1-2-15-12(14)11(13)9-3-4-10-8(7-9)5-6-16-10/h3-7,11H,2,13H2,1H3. The van der Waals surface area contributed by atoms with Gasteiger partial charge in [-0.1, -0.05) is 6.07 Å². The molecule has 0 aliphatic heterocycles. The molecule has 1 heterocycles. The molecule has 1 aromatic carbocycles. The van der Waals surface area contributed by atoms with Crippen LogP contribution >= 0.6 is 0 Å². The van der Waals surface area contributed by atoms with Crippen molar-refractivity contribution in [3.8, 4) is 0 Å². The molecular formula is C12H13NO3. The number of benzene rings is 1. The lowest BCUT2D eigenvalue weighted by molar-refractivity contribution is -0.144. The molecule has 2 N–H and O–H groups in total. The Morgan fingerprint density at radius 3 is 3.06 bits per heavy atom. The monoisotopic (exact) mass is 219 g/mol. The van der Waals surface area contributed by atoms with E-state index in [1.54, 1.807) is 25.3 Å². The van der Waals surface area contributed by atoms with Gasteiger partial charge in [-0.05, 0) is 30.7 Å². The van der Waals surface area contributed by atoms with Crippen molar-refractivity contribution in [2.45, 2.75) is 13.0 Å². The Bertz CT molecular complexity index is 504. The average molecular weight is 219 g/mol. The van der Waals surface area contributed by atoms with Crippen molar-refractivity contribution in [2.24, 2.45) is 5.73 Å². The summed E-state index contributed by atoms with van der Waals surface area (Å²) in [5, 5.41) is 0.928.